The van der Waals surface area contributed by atoms with Crippen molar-refractivity contribution >= 4 is 11.6 Å². The molecule has 0 saturated heterocycles. The number of ether oxygens (including phenoxy) is 1. The van der Waals surface area contributed by atoms with Gasteiger partial charge in [-0.3, -0.25) is 0 Å². The molecule has 0 bridgehead atoms. The van der Waals surface area contributed by atoms with Crippen LogP contribution >= 0.6 is 0 Å². The number of anilines is 2. The predicted molar refractivity (Wildman–Crippen MR) is 77.3 cm³/mol. The Balaban J connectivity index is 2.27. The fourth-order valence-corrected chi connectivity index (χ4v) is 1.70. The quantitative estimate of drug-likeness (QED) is 0.892. The lowest BCUT2D eigenvalue weighted by molar-refractivity contribution is -0.139. The van der Waals surface area contributed by atoms with E-state index in [2.05, 4.69) is 15.3 Å². The molecule has 0 spiro atoms. The number of rotatable bonds is 5. The van der Waals surface area contributed by atoms with E-state index in [0.717, 1.165) is 11.8 Å². The van der Waals surface area contributed by atoms with E-state index in [9.17, 15) is 13.2 Å². The van der Waals surface area contributed by atoms with Gasteiger partial charge in [-0.2, -0.15) is 18.2 Å². The molecule has 0 aliphatic heterocycles. The molecule has 0 saturated carbocycles. The Morgan fingerprint density at radius 2 is 1.86 bits per heavy atom. The molecule has 1 aromatic heterocycles. The Morgan fingerprint density at radius 3 is 2.45 bits per heavy atom. The highest BCUT2D eigenvalue weighted by Crippen LogP contribution is 2.35. The van der Waals surface area contributed by atoms with Gasteiger partial charge in [-0.1, -0.05) is 24.6 Å². The summed E-state index contributed by atoms with van der Waals surface area (Å²) in [5.41, 5.74) is 0.785. The Bertz CT molecular complexity index is 627. The van der Waals surface area contributed by atoms with Crippen LogP contribution in [-0.4, -0.2) is 16.6 Å². The van der Waals surface area contributed by atoms with E-state index in [-0.39, 0.29) is 12.6 Å². The van der Waals surface area contributed by atoms with E-state index in [0.29, 0.717) is 12.1 Å². The minimum Gasteiger partial charge on any atom is -0.477 e. The van der Waals surface area contributed by atoms with Crippen molar-refractivity contribution in [1.82, 2.24) is 9.97 Å². The molecule has 0 fully saturated rings. The third-order valence-corrected chi connectivity index (χ3v) is 2.81. The van der Waals surface area contributed by atoms with Gasteiger partial charge in [0, 0.05) is 11.9 Å². The predicted octanol–water partition coefficient (Wildman–Crippen LogP) is 4.34. The van der Waals surface area contributed by atoms with Crippen LogP contribution in [-0.2, 0) is 6.18 Å². The van der Waals surface area contributed by atoms with Gasteiger partial charge in [0.05, 0.1) is 6.61 Å². The monoisotopic (exact) mass is 311 g/mol. The minimum absolute atomic E-state index is 0.0583. The highest BCUT2D eigenvalue weighted by Gasteiger charge is 2.36. The van der Waals surface area contributed by atoms with Crippen LogP contribution in [0.15, 0.2) is 30.5 Å². The third kappa shape index (κ3) is 4.09. The van der Waals surface area contributed by atoms with Gasteiger partial charge in [0.15, 0.2) is 0 Å². The normalized spacial score (nSPS) is 11.3. The van der Waals surface area contributed by atoms with Gasteiger partial charge < -0.3 is 10.1 Å². The van der Waals surface area contributed by atoms with Crippen molar-refractivity contribution in [2.45, 2.75) is 26.4 Å². The number of alkyl halides is 3. The maximum Gasteiger partial charge on any atom is 0.423 e. The molecule has 2 aromatic rings. The minimum atomic E-state index is -4.55. The molecule has 22 heavy (non-hydrogen) atoms. The zero-order chi connectivity index (χ0) is 16.2. The molecule has 118 valence electrons. The molecule has 7 heteroatoms. The van der Waals surface area contributed by atoms with Gasteiger partial charge in [-0.25, -0.2) is 4.98 Å². The largest absolute Gasteiger partial charge is 0.477 e. The van der Waals surface area contributed by atoms with Crippen LogP contribution in [0.1, 0.15) is 24.5 Å². The molecule has 0 atom stereocenters. The fourth-order valence-electron chi connectivity index (χ4n) is 1.70. The molecular weight excluding hydrogens is 295 g/mol. The molecule has 1 aromatic carbocycles. The molecule has 0 aliphatic carbocycles. The average Bonchev–Trinajstić information content (AvgIpc) is 2.46. The zero-order valence-electron chi connectivity index (χ0n) is 12.2. The summed E-state index contributed by atoms with van der Waals surface area (Å²) >= 11 is 0. The van der Waals surface area contributed by atoms with Crippen LogP contribution in [0, 0.1) is 6.92 Å². The van der Waals surface area contributed by atoms with Gasteiger partial charge in [0.2, 0.25) is 11.8 Å². The van der Waals surface area contributed by atoms with E-state index in [1.54, 1.807) is 19.1 Å². The first-order valence-corrected chi connectivity index (χ1v) is 6.81. The summed E-state index contributed by atoms with van der Waals surface area (Å²) in [6.07, 6.45) is -3.23. The first-order chi connectivity index (χ1) is 10.4. The van der Waals surface area contributed by atoms with Gasteiger partial charge >= 0.3 is 6.18 Å². The average molecular weight is 311 g/mol. The number of aromatic nitrogens is 2. The highest BCUT2D eigenvalue weighted by atomic mass is 19.4. The molecule has 0 radical (unpaired) electrons. The third-order valence-electron chi connectivity index (χ3n) is 2.81. The molecular formula is C15H16F3N3O. The summed E-state index contributed by atoms with van der Waals surface area (Å²) in [6.45, 7) is 3.90. The number of aryl methyl sites for hydroxylation is 1. The van der Waals surface area contributed by atoms with E-state index in [1.165, 1.54) is 0 Å². The Labute approximate surface area is 126 Å². The lowest BCUT2D eigenvalue weighted by Crippen LogP contribution is -2.12. The SMILES string of the molecule is CCCOc1nc(Nc2ccc(C)cc2)ncc1C(F)(F)F. The highest BCUT2D eigenvalue weighted by molar-refractivity contribution is 5.54. The summed E-state index contributed by atoms with van der Waals surface area (Å²) in [6, 6.07) is 7.34. The second-order valence-corrected chi connectivity index (χ2v) is 4.75. The van der Waals surface area contributed by atoms with Gasteiger partial charge in [-0.15, -0.1) is 0 Å². The summed E-state index contributed by atoms with van der Waals surface area (Å²) in [7, 11) is 0. The van der Waals surface area contributed by atoms with E-state index < -0.39 is 17.6 Å². The van der Waals surface area contributed by atoms with Crippen molar-refractivity contribution in [3.8, 4) is 5.88 Å². The smallest absolute Gasteiger partial charge is 0.423 e. The van der Waals surface area contributed by atoms with E-state index in [4.69, 9.17) is 4.74 Å². The van der Waals surface area contributed by atoms with Crippen LogP contribution in [0.25, 0.3) is 0 Å². The molecule has 0 amide bonds. The Kier molecular flexibility index (Phi) is 4.85. The summed E-state index contributed by atoms with van der Waals surface area (Å²) in [5.74, 6) is -0.401. The second-order valence-electron chi connectivity index (χ2n) is 4.75. The van der Waals surface area contributed by atoms with Gasteiger partial charge in [0.1, 0.15) is 5.56 Å². The molecule has 4 nitrogen and oxygen atoms in total. The van der Waals surface area contributed by atoms with Crippen LogP contribution in [0.5, 0.6) is 5.88 Å². The number of benzene rings is 1. The standard InChI is InChI=1S/C15H16F3N3O/c1-3-8-22-13-12(15(16,17)18)9-19-14(21-13)20-11-6-4-10(2)5-7-11/h4-7,9H,3,8H2,1-2H3,(H,19,20,21). The van der Waals surface area contributed by atoms with Crippen molar-refractivity contribution in [1.29, 1.82) is 0 Å². The maximum absolute atomic E-state index is 12.9. The number of hydrogen-bond acceptors (Lipinski definition) is 4. The zero-order valence-corrected chi connectivity index (χ0v) is 12.2. The van der Waals surface area contributed by atoms with E-state index in [1.807, 2.05) is 19.1 Å². The lowest BCUT2D eigenvalue weighted by Gasteiger charge is -2.13. The van der Waals surface area contributed by atoms with Crippen molar-refractivity contribution in [2.24, 2.45) is 0 Å². The first kappa shape index (κ1) is 16.1. The number of halogens is 3. The lowest BCUT2D eigenvalue weighted by atomic mass is 10.2. The number of nitrogens with zero attached hydrogens (tertiary/aromatic N) is 2. The molecule has 0 aliphatic rings. The molecule has 0 unspecified atom stereocenters. The Hall–Kier alpha value is -2.31. The van der Waals surface area contributed by atoms with Crippen LogP contribution in [0.3, 0.4) is 0 Å². The van der Waals surface area contributed by atoms with E-state index >= 15 is 0 Å². The summed E-state index contributed by atoms with van der Waals surface area (Å²) in [5, 5.41) is 2.86. The fraction of sp³-hybridized carbons (Fsp3) is 0.333. The van der Waals surface area contributed by atoms with Crippen LogP contribution < -0.4 is 10.1 Å². The van der Waals surface area contributed by atoms with Crippen molar-refractivity contribution in [3.05, 3.63) is 41.6 Å². The summed E-state index contributed by atoms with van der Waals surface area (Å²) in [4.78, 5) is 7.54. The van der Waals surface area contributed by atoms with Crippen molar-refractivity contribution in [3.63, 3.8) is 0 Å². The topological polar surface area (TPSA) is 47.0 Å². The van der Waals surface area contributed by atoms with Crippen molar-refractivity contribution < 1.29 is 17.9 Å². The molecule has 1 heterocycles. The van der Waals surface area contributed by atoms with Crippen LogP contribution in [0.4, 0.5) is 24.8 Å². The van der Waals surface area contributed by atoms with Crippen molar-refractivity contribution in [2.75, 3.05) is 11.9 Å². The van der Waals surface area contributed by atoms with Gasteiger partial charge in [-0.05, 0) is 25.5 Å². The number of hydrogen-bond donors (Lipinski definition) is 1. The molecule has 1 N–H and O–H groups in total. The Morgan fingerprint density at radius 1 is 1.18 bits per heavy atom. The number of nitrogens with one attached hydrogen (secondary N) is 1. The summed E-state index contributed by atoms with van der Waals surface area (Å²) < 4.78 is 43.8. The maximum atomic E-state index is 12.9. The second kappa shape index (κ2) is 6.64. The van der Waals surface area contributed by atoms with Gasteiger partial charge in [0.25, 0.3) is 0 Å². The first-order valence-electron chi connectivity index (χ1n) is 6.81. The molecule has 2 rings (SSSR count). The van der Waals surface area contributed by atoms with Crippen LogP contribution in [0.2, 0.25) is 0 Å².